The van der Waals surface area contributed by atoms with Gasteiger partial charge in [-0.1, -0.05) is 12.1 Å². The Hall–Kier alpha value is -1.07. The van der Waals surface area contributed by atoms with Crippen LogP contribution < -0.4 is 5.32 Å². The van der Waals surface area contributed by atoms with Crippen molar-refractivity contribution < 1.29 is 13.5 Å². The van der Waals surface area contributed by atoms with E-state index < -0.39 is 9.84 Å². The second kappa shape index (κ2) is 4.63. The molecule has 0 radical (unpaired) electrons. The van der Waals surface area contributed by atoms with E-state index in [4.69, 9.17) is 5.11 Å². The van der Waals surface area contributed by atoms with Gasteiger partial charge in [0, 0.05) is 12.3 Å². The maximum atomic E-state index is 11.4. The molecule has 0 aliphatic heterocycles. The highest BCUT2D eigenvalue weighted by atomic mass is 32.2. The van der Waals surface area contributed by atoms with Gasteiger partial charge in [0.2, 0.25) is 0 Å². The minimum atomic E-state index is -3.23. The number of sulfone groups is 1. The predicted molar refractivity (Wildman–Crippen MR) is 59.7 cm³/mol. The van der Waals surface area contributed by atoms with Gasteiger partial charge in [0.25, 0.3) is 0 Å². The molecule has 0 spiro atoms. The Morgan fingerprint density at radius 2 is 2.00 bits per heavy atom. The molecule has 5 heteroatoms. The van der Waals surface area contributed by atoms with Crippen LogP contribution in [-0.4, -0.2) is 32.4 Å². The summed E-state index contributed by atoms with van der Waals surface area (Å²) >= 11 is 0. The van der Waals surface area contributed by atoms with Gasteiger partial charge in [-0.25, -0.2) is 8.42 Å². The van der Waals surface area contributed by atoms with E-state index in [1.165, 1.54) is 0 Å². The molecule has 2 N–H and O–H groups in total. The molecule has 1 aromatic carbocycles. The Balaban J connectivity index is 3.08. The minimum Gasteiger partial charge on any atom is -0.394 e. The number of rotatable bonds is 4. The van der Waals surface area contributed by atoms with E-state index in [2.05, 4.69) is 5.32 Å². The monoisotopic (exact) mass is 229 g/mol. The number of hydrogen-bond acceptors (Lipinski definition) is 4. The number of aliphatic hydroxyl groups is 1. The van der Waals surface area contributed by atoms with Crippen molar-refractivity contribution in [2.24, 2.45) is 0 Å². The second-order valence-electron chi connectivity index (χ2n) is 3.50. The first-order chi connectivity index (χ1) is 6.95. The third-order valence-electron chi connectivity index (χ3n) is 1.96. The molecule has 15 heavy (non-hydrogen) atoms. The van der Waals surface area contributed by atoms with Crippen LogP contribution in [-0.2, 0) is 9.84 Å². The molecule has 0 aromatic heterocycles. The first kappa shape index (κ1) is 12.0. The van der Waals surface area contributed by atoms with E-state index in [9.17, 15) is 8.42 Å². The SMILES string of the molecule is CC(CO)Nc1ccccc1S(C)(=O)=O. The molecule has 0 saturated carbocycles. The summed E-state index contributed by atoms with van der Waals surface area (Å²) in [4.78, 5) is 0.255. The Bertz CT molecular complexity index is 428. The summed E-state index contributed by atoms with van der Waals surface area (Å²) in [5, 5.41) is 11.8. The minimum absolute atomic E-state index is 0.0436. The van der Waals surface area contributed by atoms with E-state index in [-0.39, 0.29) is 17.5 Å². The Morgan fingerprint density at radius 3 is 2.53 bits per heavy atom. The molecule has 1 unspecified atom stereocenters. The van der Waals surface area contributed by atoms with Crippen LogP contribution in [0.5, 0.6) is 0 Å². The normalized spacial score (nSPS) is 13.5. The van der Waals surface area contributed by atoms with Gasteiger partial charge >= 0.3 is 0 Å². The van der Waals surface area contributed by atoms with Gasteiger partial charge in [-0.05, 0) is 19.1 Å². The van der Waals surface area contributed by atoms with Crippen molar-refractivity contribution in [1.82, 2.24) is 0 Å². The number of benzene rings is 1. The lowest BCUT2D eigenvalue weighted by Gasteiger charge is -2.14. The third-order valence-corrected chi connectivity index (χ3v) is 3.12. The van der Waals surface area contributed by atoms with Crippen molar-refractivity contribution >= 4 is 15.5 Å². The van der Waals surface area contributed by atoms with Gasteiger partial charge in [0.15, 0.2) is 9.84 Å². The summed E-state index contributed by atoms with van der Waals surface area (Å²) in [7, 11) is -3.23. The van der Waals surface area contributed by atoms with Crippen molar-refractivity contribution in [3.05, 3.63) is 24.3 Å². The number of para-hydroxylation sites is 1. The molecule has 0 fully saturated rings. The lowest BCUT2D eigenvalue weighted by molar-refractivity contribution is 0.281. The molecule has 0 saturated heterocycles. The number of nitrogens with one attached hydrogen (secondary N) is 1. The van der Waals surface area contributed by atoms with Crippen LogP contribution in [0, 0.1) is 0 Å². The van der Waals surface area contributed by atoms with Gasteiger partial charge in [0.1, 0.15) is 0 Å². The van der Waals surface area contributed by atoms with Crippen molar-refractivity contribution in [3.63, 3.8) is 0 Å². The topological polar surface area (TPSA) is 66.4 Å². The molecule has 0 bridgehead atoms. The van der Waals surface area contributed by atoms with Crippen molar-refractivity contribution in [1.29, 1.82) is 0 Å². The van der Waals surface area contributed by atoms with Crippen LogP contribution in [0.25, 0.3) is 0 Å². The molecule has 0 aliphatic rings. The zero-order valence-electron chi connectivity index (χ0n) is 8.77. The van der Waals surface area contributed by atoms with Gasteiger partial charge in [0.05, 0.1) is 17.2 Å². The maximum absolute atomic E-state index is 11.4. The quantitative estimate of drug-likeness (QED) is 0.804. The largest absolute Gasteiger partial charge is 0.394 e. The van der Waals surface area contributed by atoms with E-state index in [0.29, 0.717) is 5.69 Å². The maximum Gasteiger partial charge on any atom is 0.177 e. The smallest absolute Gasteiger partial charge is 0.177 e. The lowest BCUT2D eigenvalue weighted by Crippen LogP contribution is -2.20. The zero-order valence-corrected chi connectivity index (χ0v) is 9.58. The summed E-state index contributed by atoms with van der Waals surface area (Å²) in [5.41, 5.74) is 0.529. The van der Waals surface area contributed by atoms with Gasteiger partial charge in [-0.15, -0.1) is 0 Å². The van der Waals surface area contributed by atoms with Crippen molar-refractivity contribution in [2.75, 3.05) is 18.2 Å². The second-order valence-corrected chi connectivity index (χ2v) is 5.48. The van der Waals surface area contributed by atoms with Crippen molar-refractivity contribution in [2.45, 2.75) is 17.9 Å². The molecular weight excluding hydrogens is 214 g/mol. The van der Waals surface area contributed by atoms with Gasteiger partial charge in [-0.2, -0.15) is 0 Å². The molecule has 0 aliphatic carbocycles. The summed E-state index contributed by atoms with van der Waals surface area (Å²) in [5.74, 6) is 0. The Kier molecular flexibility index (Phi) is 3.71. The molecule has 0 amide bonds. The highest BCUT2D eigenvalue weighted by Gasteiger charge is 2.13. The number of aliphatic hydroxyl groups excluding tert-OH is 1. The Labute approximate surface area is 89.9 Å². The molecule has 4 nitrogen and oxygen atoms in total. The average molecular weight is 229 g/mol. The van der Waals surface area contributed by atoms with Crippen LogP contribution in [0.2, 0.25) is 0 Å². The van der Waals surface area contributed by atoms with Gasteiger partial charge in [-0.3, -0.25) is 0 Å². The molecule has 84 valence electrons. The highest BCUT2D eigenvalue weighted by Crippen LogP contribution is 2.20. The highest BCUT2D eigenvalue weighted by molar-refractivity contribution is 7.90. The standard InChI is InChI=1S/C10H15NO3S/c1-8(7-12)11-9-5-3-4-6-10(9)15(2,13)14/h3-6,8,11-12H,7H2,1-2H3. The van der Waals surface area contributed by atoms with Crippen LogP contribution in [0.15, 0.2) is 29.2 Å². The van der Waals surface area contributed by atoms with Crippen LogP contribution >= 0.6 is 0 Å². The fourth-order valence-electron chi connectivity index (χ4n) is 1.22. The summed E-state index contributed by atoms with van der Waals surface area (Å²) in [6, 6.07) is 6.48. The van der Waals surface area contributed by atoms with Crippen LogP contribution in [0.1, 0.15) is 6.92 Å². The lowest BCUT2D eigenvalue weighted by atomic mass is 10.3. The summed E-state index contributed by atoms with van der Waals surface area (Å²) in [6.07, 6.45) is 1.16. The summed E-state index contributed by atoms with van der Waals surface area (Å²) in [6.45, 7) is 1.73. The third kappa shape index (κ3) is 3.21. The fraction of sp³-hybridized carbons (Fsp3) is 0.400. The van der Waals surface area contributed by atoms with E-state index in [1.54, 1.807) is 31.2 Å². The van der Waals surface area contributed by atoms with Crippen LogP contribution in [0.3, 0.4) is 0 Å². The van der Waals surface area contributed by atoms with Crippen LogP contribution in [0.4, 0.5) is 5.69 Å². The molecule has 1 rings (SSSR count). The van der Waals surface area contributed by atoms with Gasteiger partial charge < -0.3 is 10.4 Å². The predicted octanol–water partition coefficient (Wildman–Crippen LogP) is 0.883. The first-order valence-electron chi connectivity index (χ1n) is 4.61. The van der Waals surface area contributed by atoms with E-state index >= 15 is 0 Å². The molecule has 1 atom stereocenters. The zero-order chi connectivity index (χ0) is 11.5. The van der Waals surface area contributed by atoms with E-state index in [0.717, 1.165) is 6.26 Å². The molecule has 1 aromatic rings. The first-order valence-corrected chi connectivity index (χ1v) is 6.50. The average Bonchev–Trinajstić information content (AvgIpc) is 2.17. The summed E-state index contributed by atoms with van der Waals surface area (Å²) < 4.78 is 22.8. The number of hydrogen-bond donors (Lipinski definition) is 2. The van der Waals surface area contributed by atoms with Crippen molar-refractivity contribution in [3.8, 4) is 0 Å². The molecular formula is C10H15NO3S. The van der Waals surface area contributed by atoms with E-state index in [1.807, 2.05) is 0 Å². The fourth-order valence-corrected chi connectivity index (χ4v) is 2.07. The number of anilines is 1. The molecule has 0 heterocycles. The Morgan fingerprint density at radius 1 is 1.40 bits per heavy atom.